The van der Waals surface area contributed by atoms with Crippen LogP contribution in [0.1, 0.15) is 24.2 Å². The topological polar surface area (TPSA) is 29.1 Å². The van der Waals surface area contributed by atoms with E-state index in [4.69, 9.17) is 6.42 Å². The molecule has 80 valence electrons. The quantitative estimate of drug-likeness (QED) is 0.669. The van der Waals surface area contributed by atoms with Gasteiger partial charge in [-0.1, -0.05) is 19.8 Å². The van der Waals surface area contributed by atoms with Crippen LogP contribution >= 0.6 is 33.9 Å². The Balaban J connectivity index is 2.68. The minimum absolute atomic E-state index is 0.0918. The first-order valence-electron chi connectivity index (χ1n) is 4.55. The molecule has 4 heteroatoms. The van der Waals surface area contributed by atoms with Gasteiger partial charge in [-0.3, -0.25) is 4.79 Å². The van der Waals surface area contributed by atoms with Crippen molar-refractivity contribution < 1.29 is 4.79 Å². The van der Waals surface area contributed by atoms with Crippen molar-refractivity contribution in [3.05, 3.63) is 19.9 Å². The van der Waals surface area contributed by atoms with Crippen LogP contribution in [0.2, 0.25) is 0 Å². The van der Waals surface area contributed by atoms with E-state index in [-0.39, 0.29) is 17.9 Å². The van der Waals surface area contributed by atoms with E-state index in [1.807, 2.05) is 25.3 Å². The molecule has 1 amide bonds. The van der Waals surface area contributed by atoms with Gasteiger partial charge >= 0.3 is 0 Å². The van der Waals surface area contributed by atoms with Crippen LogP contribution in [0.15, 0.2) is 11.4 Å². The number of thiophene rings is 1. The second-order valence-electron chi connectivity index (χ2n) is 3.50. The fourth-order valence-electron chi connectivity index (χ4n) is 1.05. The maximum atomic E-state index is 11.7. The summed E-state index contributed by atoms with van der Waals surface area (Å²) >= 11 is 3.74. The second-order valence-corrected chi connectivity index (χ2v) is 6.31. The van der Waals surface area contributed by atoms with Gasteiger partial charge in [0.05, 0.1) is 14.5 Å². The maximum Gasteiger partial charge on any atom is 0.253 e. The van der Waals surface area contributed by atoms with E-state index in [1.165, 1.54) is 0 Å². The molecule has 0 aliphatic carbocycles. The van der Waals surface area contributed by atoms with Crippen molar-refractivity contribution in [1.29, 1.82) is 0 Å². The van der Waals surface area contributed by atoms with Gasteiger partial charge in [-0.25, -0.2) is 0 Å². The lowest BCUT2D eigenvalue weighted by molar-refractivity contribution is 0.0938. The molecule has 0 bridgehead atoms. The summed E-state index contributed by atoms with van der Waals surface area (Å²) in [6.07, 6.45) is 5.34. The van der Waals surface area contributed by atoms with Crippen LogP contribution in [0.3, 0.4) is 0 Å². The molecule has 2 nitrogen and oxygen atoms in total. The zero-order valence-electron chi connectivity index (χ0n) is 8.58. The SMILES string of the molecule is C#CC(NC(=O)c1csc(I)c1)C(C)C. The molecule has 1 aromatic rings. The van der Waals surface area contributed by atoms with Crippen molar-refractivity contribution in [1.82, 2.24) is 5.32 Å². The van der Waals surface area contributed by atoms with E-state index in [9.17, 15) is 4.79 Å². The normalized spacial score (nSPS) is 12.2. The Labute approximate surface area is 108 Å². The number of terminal acetylenes is 1. The molecule has 1 aromatic heterocycles. The van der Waals surface area contributed by atoms with Crippen LogP contribution in [0.4, 0.5) is 0 Å². The number of nitrogens with one attached hydrogen (secondary N) is 1. The molecule has 1 unspecified atom stereocenters. The lowest BCUT2D eigenvalue weighted by atomic mass is 10.1. The number of hydrogen-bond donors (Lipinski definition) is 1. The lowest BCUT2D eigenvalue weighted by Crippen LogP contribution is -2.37. The Kier molecular flexibility index (Phi) is 4.61. The molecular weight excluding hydrogens is 321 g/mol. The molecule has 1 rings (SSSR count). The largest absolute Gasteiger partial charge is 0.338 e. The number of hydrogen-bond acceptors (Lipinski definition) is 2. The van der Waals surface area contributed by atoms with E-state index in [0.717, 1.165) is 2.88 Å². The highest BCUT2D eigenvalue weighted by atomic mass is 127. The van der Waals surface area contributed by atoms with Gasteiger partial charge in [0.25, 0.3) is 5.91 Å². The number of halogens is 1. The summed E-state index contributed by atoms with van der Waals surface area (Å²) in [6, 6.07) is 1.66. The monoisotopic (exact) mass is 333 g/mol. The molecule has 1 heterocycles. The van der Waals surface area contributed by atoms with Crippen LogP contribution in [-0.2, 0) is 0 Å². The third-order valence-electron chi connectivity index (χ3n) is 1.96. The first kappa shape index (κ1) is 12.5. The van der Waals surface area contributed by atoms with Gasteiger partial charge in [0.1, 0.15) is 0 Å². The van der Waals surface area contributed by atoms with Crippen molar-refractivity contribution in [2.45, 2.75) is 19.9 Å². The average Bonchev–Trinajstić information content (AvgIpc) is 2.60. The highest BCUT2D eigenvalue weighted by Gasteiger charge is 2.15. The minimum Gasteiger partial charge on any atom is -0.338 e. The standard InChI is InChI=1S/C11H12INOS/c1-4-9(7(2)3)13-11(14)8-5-10(12)15-6-8/h1,5-7,9H,2-3H3,(H,13,14). The smallest absolute Gasteiger partial charge is 0.253 e. The van der Waals surface area contributed by atoms with Crippen LogP contribution in [0, 0.1) is 21.1 Å². The highest BCUT2D eigenvalue weighted by molar-refractivity contribution is 14.1. The molecule has 15 heavy (non-hydrogen) atoms. The minimum atomic E-state index is -0.199. The van der Waals surface area contributed by atoms with Gasteiger partial charge in [-0.15, -0.1) is 17.8 Å². The van der Waals surface area contributed by atoms with E-state index >= 15 is 0 Å². The second kappa shape index (κ2) is 5.52. The molecule has 0 aliphatic rings. The fourth-order valence-corrected chi connectivity index (χ4v) is 2.38. The van der Waals surface area contributed by atoms with Crippen LogP contribution < -0.4 is 5.32 Å². The Bertz CT molecular complexity index is 392. The fraction of sp³-hybridized carbons (Fsp3) is 0.364. The summed E-state index contributed by atoms with van der Waals surface area (Å²) in [5, 5.41) is 4.66. The first-order chi connectivity index (χ1) is 7.04. The van der Waals surface area contributed by atoms with Gasteiger partial charge in [-0.2, -0.15) is 0 Å². The van der Waals surface area contributed by atoms with Crippen molar-refractivity contribution >= 4 is 39.8 Å². The molecule has 0 spiro atoms. The maximum absolute atomic E-state index is 11.7. The summed E-state index contributed by atoms with van der Waals surface area (Å²) in [7, 11) is 0. The Morgan fingerprint density at radius 3 is 2.73 bits per heavy atom. The zero-order valence-corrected chi connectivity index (χ0v) is 11.6. The molecule has 0 aliphatic heterocycles. The molecule has 1 N–H and O–H groups in total. The highest BCUT2D eigenvalue weighted by Crippen LogP contribution is 2.16. The lowest BCUT2D eigenvalue weighted by Gasteiger charge is -2.15. The summed E-state index contributed by atoms with van der Waals surface area (Å²) in [6.45, 7) is 3.98. The van der Waals surface area contributed by atoms with E-state index < -0.39 is 0 Å². The average molecular weight is 333 g/mol. The van der Waals surface area contributed by atoms with Crippen molar-refractivity contribution in [3.8, 4) is 12.3 Å². The van der Waals surface area contributed by atoms with E-state index in [1.54, 1.807) is 11.3 Å². The van der Waals surface area contributed by atoms with Gasteiger partial charge < -0.3 is 5.32 Å². The van der Waals surface area contributed by atoms with Crippen LogP contribution in [0.25, 0.3) is 0 Å². The van der Waals surface area contributed by atoms with Crippen LogP contribution in [-0.4, -0.2) is 11.9 Å². The molecular formula is C11H12INOS. The Morgan fingerprint density at radius 1 is 1.67 bits per heavy atom. The van der Waals surface area contributed by atoms with Crippen molar-refractivity contribution in [2.24, 2.45) is 5.92 Å². The van der Waals surface area contributed by atoms with Gasteiger partial charge in [0.15, 0.2) is 0 Å². The predicted molar refractivity (Wildman–Crippen MR) is 72.0 cm³/mol. The van der Waals surface area contributed by atoms with Gasteiger partial charge in [0, 0.05) is 5.38 Å². The molecule has 0 saturated carbocycles. The Morgan fingerprint density at radius 2 is 2.33 bits per heavy atom. The number of carbonyl (C=O) groups is 1. The third-order valence-corrected chi connectivity index (χ3v) is 3.75. The third kappa shape index (κ3) is 3.50. The summed E-state index contributed by atoms with van der Waals surface area (Å²) in [4.78, 5) is 11.7. The van der Waals surface area contributed by atoms with Gasteiger partial charge in [0.2, 0.25) is 0 Å². The van der Waals surface area contributed by atoms with Crippen molar-refractivity contribution in [3.63, 3.8) is 0 Å². The Hall–Kier alpha value is -0.540. The first-order valence-corrected chi connectivity index (χ1v) is 6.51. The summed E-state index contributed by atoms with van der Waals surface area (Å²) in [5.41, 5.74) is 0.685. The van der Waals surface area contributed by atoms with E-state index in [2.05, 4.69) is 33.8 Å². The summed E-state index contributed by atoms with van der Waals surface area (Å²) < 4.78 is 1.10. The molecule has 1 atom stereocenters. The number of amides is 1. The molecule has 0 aromatic carbocycles. The van der Waals surface area contributed by atoms with Crippen molar-refractivity contribution in [2.75, 3.05) is 0 Å². The van der Waals surface area contributed by atoms with E-state index in [0.29, 0.717) is 5.56 Å². The number of carbonyl (C=O) groups excluding carboxylic acids is 1. The zero-order chi connectivity index (χ0) is 11.4. The summed E-state index contributed by atoms with van der Waals surface area (Å²) in [5.74, 6) is 2.73. The predicted octanol–water partition coefficient (Wildman–Crippen LogP) is 2.74. The van der Waals surface area contributed by atoms with Crippen LogP contribution in [0.5, 0.6) is 0 Å². The van der Waals surface area contributed by atoms with Gasteiger partial charge in [-0.05, 0) is 34.6 Å². The molecule has 0 radical (unpaired) electrons. The number of rotatable bonds is 3. The molecule has 0 saturated heterocycles. The molecule has 0 fully saturated rings.